The molecule has 1 fully saturated rings. The second-order valence-electron chi connectivity index (χ2n) is 4.48. The normalized spacial score (nSPS) is 16.3. The Labute approximate surface area is 99.5 Å². The van der Waals surface area contributed by atoms with Crippen LogP contribution in [0.25, 0.3) is 0 Å². The number of halogens is 1. The quantitative estimate of drug-likeness (QED) is 0.697. The van der Waals surface area contributed by atoms with Gasteiger partial charge in [-0.25, -0.2) is 0 Å². The van der Waals surface area contributed by atoms with Crippen molar-refractivity contribution in [2.24, 2.45) is 0 Å². The van der Waals surface area contributed by atoms with Crippen molar-refractivity contribution in [3.63, 3.8) is 0 Å². The van der Waals surface area contributed by atoms with Crippen LogP contribution in [0.15, 0.2) is 24.3 Å². The van der Waals surface area contributed by atoms with Crippen molar-refractivity contribution in [3.05, 3.63) is 35.4 Å². The first-order valence-corrected chi connectivity index (χ1v) is 5.99. The van der Waals surface area contributed by atoms with Crippen LogP contribution in [0.4, 0.5) is 0 Å². The predicted molar refractivity (Wildman–Crippen MR) is 68.9 cm³/mol. The fourth-order valence-corrected chi connectivity index (χ4v) is 2.55. The van der Waals surface area contributed by atoms with Gasteiger partial charge in [0, 0.05) is 0 Å². The van der Waals surface area contributed by atoms with Crippen molar-refractivity contribution in [2.75, 3.05) is 0 Å². The lowest BCUT2D eigenvalue weighted by atomic mass is 9.95. The SMILES string of the molecule is CCCc1cccc(C2CCCC2)c1.Cl. The van der Waals surface area contributed by atoms with Crippen LogP contribution in [-0.2, 0) is 6.42 Å². The maximum Gasteiger partial charge on any atom is -0.0162 e. The van der Waals surface area contributed by atoms with Crippen LogP contribution in [0.2, 0.25) is 0 Å². The fourth-order valence-electron chi connectivity index (χ4n) is 2.55. The summed E-state index contributed by atoms with van der Waals surface area (Å²) in [5.41, 5.74) is 3.12. The largest absolute Gasteiger partial charge is 0.147 e. The Bertz CT molecular complexity index is 287. The van der Waals surface area contributed by atoms with Gasteiger partial charge >= 0.3 is 0 Å². The van der Waals surface area contributed by atoms with Gasteiger partial charge in [0.2, 0.25) is 0 Å². The molecular weight excluding hydrogens is 204 g/mol. The molecule has 0 saturated heterocycles. The van der Waals surface area contributed by atoms with Crippen LogP contribution < -0.4 is 0 Å². The molecule has 84 valence electrons. The third kappa shape index (κ3) is 3.24. The lowest BCUT2D eigenvalue weighted by Crippen LogP contribution is -1.93. The number of rotatable bonds is 3. The van der Waals surface area contributed by atoms with E-state index in [9.17, 15) is 0 Å². The van der Waals surface area contributed by atoms with E-state index in [1.165, 1.54) is 44.1 Å². The molecule has 1 aromatic carbocycles. The summed E-state index contributed by atoms with van der Waals surface area (Å²) >= 11 is 0. The zero-order chi connectivity index (χ0) is 9.80. The molecule has 0 spiro atoms. The van der Waals surface area contributed by atoms with E-state index in [0.717, 1.165) is 5.92 Å². The van der Waals surface area contributed by atoms with Gasteiger partial charge < -0.3 is 0 Å². The molecule has 2 rings (SSSR count). The molecule has 0 bridgehead atoms. The van der Waals surface area contributed by atoms with E-state index < -0.39 is 0 Å². The third-order valence-electron chi connectivity index (χ3n) is 3.32. The maximum atomic E-state index is 2.43. The summed E-state index contributed by atoms with van der Waals surface area (Å²) in [5, 5.41) is 0. The summed E-state index contributed by atoms with van der Waals surface area (Å²) in [7, 11) is 0. The highest BCUT2D eigenvalue weighted by molar-refractivity contribution is 5.85. The van der Waals surface area contributed by atoms with Gasteiger partial charge in [0.05, 0.1) is 0 Å². The molecule has 15 heavy (non-hydrogen) atoms. The van der Waals surface area contributed by atoms with Crippen LogP contribution in [0, 0.1) is 0 Å². The molecule has 1 saturated carbocycles. The van der Waals surface area contributed by atoms with Gasteiger partial charge in [-0.05, 0) is 36.3 Å². The third-order valence-corrected chi connectivity index (χ3v) is 3.32. The minimum atomic E-state index is 0. The van der Waals surface area contributed by atoms with Crippen LogP contribution >= 0.6 is 12.4 Å². The van der Waals surface area contributed by atoms with Gasteiger partial charge in [-0.3, -0.25) is 0 Å². The Hall–Kier alpha value is -0.490. The molecular formula is C14H21Cl. The van der Waals surface area contributed by atoms with Crippen LogP contribution in [0.5, 0.6) is 0 Å². The molecule has 0 aromatic heterocycles. The van der Waals surface area contributed by atoms with E-state index >= 15 is 0 Å². The molecule has 0 N–H and O–H groups in total. The Balaban J connectivity index is 0.00000112. The summed E-state index contributed by atoms with van der Waals surface area (Å²) in [6, 6.07) is 9.25. The van der Waals surface area contributed by atoms with Crippen LogP contribution in [0.1, 0.15) is 56.1 Å². The summed E-state index contributed by atoms with van der Waals surface area (Å²) in [5.74, 6) is 0.867. The van der Waals surface area contributed by atoms with E-state index in [2.05, 4.69) is 31.2 Å². The summed E-state index contributed by atoms with van der Waals surface area (Å²) in [6.45, 7) is 2.25. The van der Waals surface area contributed by atoms with Gasteiger partial charge in [0.15, 0.2) is 0 Å². The van der Waals surface area contributed by atoms with E-state index in [1.54, 1.807) is 5.56 Å². The van der Waals surface area contributed by atoms with Gasteiger partial charge in [-0.1, -0.05) is 50.5 Å². The molecule has 0 aliphatic heterocycles. The molecule has 0 unspecified atom stereocenters. The summed E-state index contributed by atoms with van der Waals surface area (Å²) in [4.78, 5) is 0. The van der Waals surface area contributed by atoms with E-state index in [-0.39, 0.29) is 12.4 Å². The molecule has 1 aliphatic carbocycles. The van der Waals surface area contributed by atoms with Crippen LogP contribution in [0.3, 0.4) is 0 Å². The molecule has 0 heterocycles. The number of benzene rings is 1. The zero-order valence-corrected chi connectivity index (χ0v) is 10.4. The average molecular weight is 225 g/mol. The first kappa shape index (κ1) is 12.6. The smallest absolute Gasteiger partial charge is 0.0162 e. The number of hydrogen-bond acceptors (Lipinski definition) is 0. The second kappa shape index (κ2) is 6.17. The lowest BCUT2D eigenvalue weighted by molar-refractivity contribution is 0.721. The standard InChI is InChI=1S/C14H20.ClH/c1-2-6-12-7-5-10-14(11-12)13-8-3-4-9-13;/h5,7,10-11,13H,2-4,6,8-9H2,1H3;1H. The highest BCUT2D eigenvalue weighted by Crippen LogP contribution is 2.34. The van der Waals surface area contributed by atoms with Crippen molar-refractivity contribution in [3.8, 4) is 0 Å². The number of hydrogen-bond donors (Lipinski definition) is 0. The average Bonchev–Trinajstić information content (AvgIpc) is 2.71. The first-order chi connectivity index (χ1) is 6.90. The molecule has 0 atom stereocenters. The van der Waals surface area contributed by atoms with E-state index in [0.29, 0.717) is 0 Å². The van der Waals surface area contributed by atoms with Gasteiger partial charge in [-0.2, -0.15) is 0 Å². The Morgan fingerprint density at radius 1 is 1.20 bits per heavy atom. The highest BCUT2D eigenvalue weighted by atomic mass is 35.5. The van der Waals surface area contributed by atoms with Crippen molar-refractivity contribution in [2.45, 2.75) is 51.4 Å². The molecule has 0 radical (unpaired) electrons. The van der Waals surface area contributed by atoms with Crippen molar-refractivity contribution >= 4 is 12.4 Å². The minimum absolute atomic E-state index is 0. The topological polar surface area (TPSA) is 0 Å². The Morgan fingerprint density at radius 2 is 1.93 bits per heavy atom. The van der Waals surface area contributed by atoms with Crippen molar-refractivity contribution in [1.29, 1.82) is 0 Å². The molecule has 0 nitrogen and oxygen atoms in total. The van der Waals surface area contributed by atoms with Gasteiger partial charge in [0.25, 0.3) is 0 Å². The van der Waals surface area contributed by atoms with Gasteiger partial charge in [-0.15, -0.1) is 12.4 Å². The van der Waals surface area contributed by atoms with Crippen molar-refractivity contribution < 1.29 is 0 Å². The first-order valence-electron chi connectivity index (χ1n) is 5.99. The van der Waals surface area contributed by atoms with Crippen LogP contribution in [-0.4, -0.2) is 0 Å². The lowest BCUT2D eigenvalue weighted by Gasteiger charge is -2.10. The molecule has 1 aromatic rings. The highest BCUT2D eigenvalue weighted by Gasteiger charge is 2.16. The van der Waals surface area contributed by atoms with E-state index in [1.807, 2.05) is 0 Å². The van der Waals surface area contributed by atoms with Crippen molar-refractivity contribution in [1.82, 2.24) is 0 Å². The zero-order valence-electron chi connectivity index (χ0n) is 9.54. The maximum absolute atomic E-state index is 2.43. The number of aryl methyl sites for hydroxylation is 1. The van der Waals surface area contributed by atoms with Gasteiger partial charge in [0.1, 0.15) is 0 Å². The minimum Gasteiger partial charge on any atom is -0.147 e. The Kier molecular flexibility index (Phi) is 5.17. The predicted octanol–water partition coefficient (Wildman–Crippen LogP) is 4.72. The summed E-state index contributed by atoms with van der Waals surface area (Å²) in [6.07, 6.45) is 8.19. The second-order valence-corrected chi connectivity index (χ2v) is 4.48. The molecule has 1 heteroatoms. The summed E-state index contributed by atoms with van der Waals surface area (Å²) < 4.78 is 0. The monoisotopic (exact) mass is 224 g/mol. The molecule has 0 amide bonds. The fraction of sp³-hybridized carbons (Fsp3) is 0.571. The van der Waals surface area contributed by atoms with E-state index in [4.69, 9.17) is 0 Å². The molecule has 1 aliphatic rings. The Morgan fingerprint density at radius 3 is 2.60 bits per heavy atom.